The van der Waals surface area contributed by atoms with Crippen LogP contribution in [-0.4, -0.2) is 51.2 Å². The SMILES string of the molecule is COc1cc(NCCN(C)C)c([N+](=O)[O-])cc1OC. The summed E-state index contributed by atoms with van der Waals surface area (Å²) in [7, 11) is 6.81. The molecule has 0 aliphatic carbocycles. The topological polar surface area (TPSA) is 76.9 Å². The van der Waals surface area contributed by atoms with Crippen LogP contribution >= 0.6 is 0 Å². The van der Waals surface area contributed by atoms with Crippen molar-refractivity contribution >= 4 is 11.4 Å². The number of anilines is 1. The van der Waals surface area contributed by atoms with Crippen LogP contribution in [0.25, 0.3) is 0 Å². The van der Waals surface area contributed by atoms with E-state index >= 15 is 0 Å². The van der Waals surface area contributed by atoms with E-state index in [1.807, 2.05) is 19.0 Å². The van der Waals surface area contributed by atoms with Gasteiger partial charge in [-0.3, -0.25) is 10.1 Å². The van der Waals surface area contributed by atoms with Crippen LogP contribution < -0.4 is 14.8 Å². The number of nitrogens with zero attached hydrogens (tertiary/aromatic N) is 2. The Morgan fingerprint density at radius 3 is 2.32 bits per heavy atom. The lowest BCUT2D eigenvalue weighted by Crippen LogP contribution is -2.21. The van der Waals surface area contributed by atoms with Crippen LogP contribution in [0.2, 0.25) is 0 Å². The van der Waals surface area contributed by atoms with E-state index in [0.29, 0.717) is 23.7 Å². The maximum Gasteiger partial charge on any atom is 0.296 e. The number of nitrogens with one attached hydrogen (secondary N) is 1. The first-order valence-electron chi connectivity index (χ1n) is 5.78. The number of rotatable bonds is 7. The maximum atomic E-state index is 11.0. The van der Waals surface area contributed by atoms with Gasteiger partial charge < -0.3 is 19.7 Å². The fourth-order valence-electron chi connectivity index (χ4n) is 1.58. The number of hydrogen-bond donors (Lipinski definition) is 1. The van der Waals surface area contributed by atoms with Crippen LogP contribution in [0.3, 0.4) is 0 Å². The molecule has 0 saturated heterocycles. The number of ether oxygens (including phenoxy) is 2. The number of likely N-dealkylation sites (N-methyl/N-ethyl adjacent to an activating group) is 1. The molecule has 0 unspecified atom stereocenters. The van der Waals surface area contributed by atoms with Gasteiger partial charge in [-0.2, -0.15) is 0 Å². The zero-order valence-corrected chi connectivity index (χ0v) is 11.6. The van der Waals surface area contributed by atoms with Crippen molar-refractivity contribution in [2.24, 2.45) is 0 Å². The number of nitro groups is 1. The molecule has 7 heteroatoms. The number of hydrogen-bond acceptors (Lipinski definition) is 6. The summed E-state index contributed by atoms with van der Waals surface area (Å²) in [6, 6.07) is 2.93. The Morgan fingerprint density at radius 1 is 1.26 bits per heavy atom. The summed E-state index contributed by atoms with van der Waals surface area (Å²) in [6.45, 7) is 1.37. The zero-order valence-electron chi connectivity index (χ0n) is 11.6. The van der Waals surface area contributed by atoms with Crippen molar-refractivity contribution < 1.29 is 14.4 Å². The quantitative estimate of drug-likeness (QED) is 0.598. The molecule has 0 aliphatic rings. The number of nitro benzene ring substituents is 1. The van der Waals surface area contributed by atoms with E-state index in [9.17, 15) is 10.1 Å². The van der Waals surface area contributed by atoms with Crippen LogP contribution in [0.15, 0.2) is 12.1 Å². The van der Waals surface area contributed by atoms with Gasteiger partial charge >= 0.3 is 0 Å². The standard InChI is InChI=1S/C12H19N3O4/c1-14(2)6-5-13-9-7-11(18-3)12(19-4)8-10(9)15(16)17/h7-8,13H,5-6H2,1-4H3. The van der Waals surface area contributed by atoms with Crippen LogP contribution in [-0.2, 0) is 0 Å². The van der Waals surface area contributed by atoms with E-state index in [-0.39, 0.29) is 5.69 Å². The van der Waals surface area contributed by atoms with E-state index in [0.717, 1.165) is 6.54 Å². The van der Waals surface area contributed by atoms with Gasteiger partial charge in [0, 0.05) is 19.2 Å². The van der Waals surface area contributed by atoms with Crippen LogP contribution in [0.1, 0.15) is 0 Å². The number of benzene rings is 1. The molecule has 0 radical (unpaired) electrons. The minimum atomic E-state index is -0.444. The molecular formula is C12H19N3O4. The summed E-state index contributed by atoms with van der Waals surface area (Å²) in [5, 5.41) is 14.1. The third kappa shape index (κ3) is 3.99. The third-order valence-electron chi connectivity index (χ3n) is 2.57. The van der Waals surface area contributed by atoms with Crippen molar-refractivity contribution in [3.05, 3.63) is 22.2 Å². The molecule has 7 nitrogen and oxygen atoms in total. The van der Waals surface area contributed by atoms with E-state index in [1.165, 1.54) is 20.3 Å². The van der Waals surface area contributed by atoms with Crippen molar-refractivity contribution in [1.82, 2.24) is 4.90 Å². The highest BCUT2D eigenvalue weighted by Crippen LogP contribution is 2.37. The second-order valence-corrected chi connectivity index (χ2v) is 4.21. The Kier molecular flexibility index (Phi) is 5.37. The summed E-state index contributed by atoms with van der Waals surface area (Å²) >= 11 is 0. The molecule has 106 valence electrons. The molecule has 1 aromatic rings. The molecule has 0 spiro atoms. The average Bonchev–Trinajstić information content (AvgIpc) is 2.37. The lowest BCUT2D eigenvalue weighted by Gasteiger charge is -2.14. The van der Waals surface area contributed by atoms with Crippen LogP contribution in [0.4, 0.5) is 11.4 Å². The molecule has 1 rings (SSSR count). The Morgan fingerprint density at radius 2 is 1.84 bits per heavy atom. The molecule has 19 heavy (non-hydrogen) atoms. The van der Waals surface area contributed by atoms with Crippen molar-refractivity contribution in [2.75, 3.05) is 46.7 Å². The molecule has 0 fully saturated rings. The lowest BCUT2D eigenvalue weighted by molar-refractivity contribution is -0.384. The molecule has 1 N–H and O–H groups in total. The predicted octanol–water partition coefficient (Wildman–Crippen LogP) is 1.59. The minimum Gasteiger partial charge on any atom is -0.493 e. The van der Waals surface area contributed by atoms with Gasteiger partial charge in [0.25, 0.3) is 5.69 Å². The molecule has 0 aliphatic heterocycles. The summed E-state index contributed by atoms with van der Waals surface area (Å²) in [5.41, 5.74) is 0.390. The average molecular weight is 269 g/mol. The lowest BCUT2D eigenvalue weighted by atomic mass is 10.2. The summed E-state index contributed by atoms with van der Waals surface area (Å²) in [5.74, 6) is 0.799. The van der Waals surface area contributed by atoms with Crippen molar-refractivity contribution in [1.29, 1.82) is 0 Å². The summed E-state index contributed by atoms with van der Waals surface area (Å²) in [4.78, 5) is 12.6. The third-order valence-corrected chi connectivity index (χ3v) is 2.57. The summed E-state index contributed by atoms with van der Waals surface area (Å²) < 4.78 is 10.2. The van der Waals surface area contributed by atoms with Crippen molar-refractivity contribution in [2.45, 2.75) is 0 Å². The van der Waals surface area contributed by atoms with Crippen LogP contribution in [0.5, 0.6) is 11.5 Å². The van der Waals surface area contributed by atoms with E-state index in [1.54, 1.807) is 6.07 Å². The van der Waals surface area contributed by atoms with Gasteiger partial charge in [0.05, 0.1) is 25.2 Å². The van der Waals surface area contributed by atoms with Gasteiger partial charge in [-0.1, -0.05) is 0 Å². The highest BCUT2D eigenvalue weighted by Gasteiger charge is 2.19. The smallest absolute Gasteiger partial charge is 0.296 e. The monoisotopic (exact) mass is 269 g/mol. The molecular weight excluding hydrogens is 250 g/mol. The van der Waals surface area contributed by atoms with E-state index in [4.69, 9.17) is 9.47 Å². The molecule has 0 bridgehead atoms. The molecule has 0 amide bonds. The number of methoxy groups -OCH3 is 2. The second kappa shape index (κ2) is 6.79. The molecule has 0 heterocycles. The second-order valence-electron chi connectivity index (χ2n) is 4.21. The molecule has 1 aromatic carbocycles. The van der Waals surface area contributed by atoms with E-state index < -0.39 is 4.92 Å². The van der Waals surface area contributed by atoms with Crippen molar-refractivity contribution in [3.8, 4) is 11.5 Å². The Hall–Kier alpha value is -2.02. The highest BCUT2D eigenvalue weighted by atomic mass is 16.6. The van der Waals surface area contributed by atoms with Crippen molar-refractivity contribution in [3.63, 3.8) is 0 Å². The normalized spacial score (nSPS) is 10.4. The molecule has 0 aromatic heterocycles. The maximum absolute atomic E-state index is 11.0. The van der Waals surface area contributed by atoms with Gasteiger partial charge in [0.2, 0.25) is 0 Å². The molecule has 0 saturated carbocycles. The Labute approximate surface area is 112 Å². The van der Waals surface area contributed by atoms with E-state index in [2.05, 4.69) is 5.32 Å². The predicted molar refractivity (Wildman–Crippen MR) is 73.2 cm³/mol. The first-order valence-corrected chi connectivity index (χ1v) is 5.78. The highest BCUT2D eigenvalue weighted by molar-refractivity contribution is 5.68. The fraction of sp³-hybridized carbons (Fsp3) is 0.500. The van der Waals surface area contributed by atoms with Gasteiger partial charge in [0.1, 0.15) is 5.69 Å². The van der Waals surface area contributed by atoms with Gasteiger partial charge in [-0.25, -0.2) is 0 Å². The molecule has 0 atom stereocenters. The minimum absolute atomic E-state index is 0.0311. The largest absolute Gasteiger partial charge is 0.493 e. The van der Waals surface area contributed by atoms with Gasteiger partial charge in [0.15, 0.2) is 11.5 Å². The van der Waals surface area contributed by atoms with Gasteiger partial charge in [-0.15, -0.1) is 0 Å². The Balaban J connectivity index is 3.02. The first kappa shape index (κ1) is 15.0. The first-order chi connectivity index (χ1) is 8.99. The summed E-state index contributed by atoms with van der Waals surface area (Å²) in [6.07, 6.45) is 0. The van der Waals surface area contributed by atoms with Gasteiger partial charge in [-0.05, 0) is 14.1 Å². The fourth-order valence-corrected chi connectivity index (χ4v) is 1.58. The Bertz CT molecular complexity index is 449. The zero-order chi connectivity index (χ0) is 14.4. The van der Waals surface area contributed by atoms with Crippen LogP contribution in [0, 0.1) is 10.1 Å².